The summed E-state index contributed by atoms with van der Waals surface area (Å²) >= 11 is 6.66. The van der Waals surface area contributed by atoms with E-state index in [9.17, 15) is 0 Å². The van der Waals surface area contributed by atoms with E-state index in [4.69, 9.17) is 5.11 Å². The molecule has 0 rings (SSSR count). The third kappa shape index (κ3) is 27.8. The molecule has 9 heavy (non-hydrogen) atoms. The van der Waals surface area contributed by atoms with Crippen LogP contribution in [0.15, 0.2) is 0 Å². The molecule has 1 N–H and O–H groups in total. The van der Waals surface area contributed by atoms with Crippen molar-refractivity contribution in [3.63, 3.8) is 0 Å². The van der Waals surface area contributed by atoms with Crippen molar-refractivity contribution in [1.29, 1.82) is 0 Å². The Morgan fingerprint density at radius 2 is 1.33 bits per heavy atom. The molecule has 58 valence electrons. The number of halogens is 2. The maximum absolute atomic E-state index is 7.57. The quantitative estimate of drug-likeness (QED) is 0.612. The second kappa shape index (κ2) is 16.0. The number of aliphatic hydroxyl groups is 1. The molecular weight excluding hydrogens is 248 g/mol. The van der Waals surface area contributed by atoms with Gasteiger partial charge in [-0.05, 0) is 19.8 Å². The number of hydrogen-bond acceptors (Lipinski definition) is 1. The zero-order valence-electron chi connectivity index (χ0n) is 5.74. The van der Waals surface area contributed by atoms with Gasteiger partial charge in [0, 0.05) is 17.3 Å². The molecule has 0 aliphatic heterocycles. The van der Waals surface area contributed by atoms with E-state index in [0.717, 1.165) is 10.7 Å². The summed E-state index contributed by atoms with van der Waals surface area (Å²) in [6, 6.07) is 0. The highest BCUT2D eigenvalue weighted by molar-refractivity contribution is 9.09. The Kier molecular flexibility index (Phi) is 22.3. The number of rotatable bonds is 3. The van der Waals surface area contributed by atoms with Crippen molar-refractivity contribution in [3.8, 4) is 0 Å². The maximum Gasteiger partial charge on any atom is 0.0402 e. The normalized spacial score (nSPS) is 8.00. The minimum atomic E-state index is 0.250. The van der Waals surface area contributed by atoms with Crippen molar-refractivity contribution < 1.29 is 5.11 Å². The van der Waals surface area contributed by atoms with Gasteiger partial charge < -0.3 is 5.11 Å². The van der Waals surface area contributed by atoms with Gasteiger partial charge in [0.05, 0.1) is 0 Å². The fraction of sp³-hybridized carbons (Fsp3) is 1.00. The molecule has 0 saturated heterocycles. The Morgan fingerprint density at radius 1 is 1.11 bits per heavy atom. The molecule has 0 spiro atoms. The average Bonchev–Trinajstić information content (AvgIpc) is 1.86. The van der Waals surface area contributed by atoms with Crippen LogP contribution in [0.5, 0.6) is 0 Å². The minimum absolute atomic E-state index is 0.250. The number of alkyl halides is 2. The molecule has 0 radical (unpaired) electrons. The van der Waals surface area contributed by atoms with Crippen molar-refractivity contribution >= 4 is 31.9 Å². The molecule has 0 aliphatic carbocycles. The molecular formula is C6H14Br2O. The van der Waals surface area contributed by atoms with E-state index in [0.29, 0.717) is 0 Å². The summed E-state index contributed by atoms with van der Waals surface area (Å²) in [6.07, 6.45) is 2.57. The van der Waals surface area contributed by atoms with Gasteiger partial charge in [-0.25, -0.2) is 0 Å². The van der Waals surface area contributed by atoms with Gasteiger partial charge in [0.2, 0.25) is 0 Å². The molecule has 0 aromatic carbocycles. The third-order valence-electron chi connectivity index (χ3n) is 0.517. The Hall–Kier alpha value is 0.920. The number of aliphatic hydroxyl groups excluding tert-OH is 1. The van der Waals surface area contributed by atoms with Crippen molar-refractivity contribution in [3.05, 3.63) is 0 Å². The van der Waals surface area contributed by atoms with Crippen LogP contribution in [0.3, 0.4) is 0 Å². The van der Waals surface area contributed by atoms with E-state index in [-0.39, 0.29) is 6.61 Å². The Bertz CT molecular complexity index is 30.2. The fourth-order valence-electron chi connectivity index (χ4n) is 0.189. The predicted octanol–water partition coefficient (Wildman–Crippen LogP) is 2.56. The van der Waals surface area contributed by atoms with E-state index < -0.39 is 0 Å². The molecule has 0 bridgehead atoms. The lowest BCUT2D eigenvalue weighted by molar-refractivity contribution is 0.318. The molecule has 0 aromatic rings. The Labute approximate surface area is 74.1 Å². The summed E-state index contributed by atoms with van der Waals surface area (Å²) in [5.41, 5.74) is 0. The molecule has 0 atom stereocenters. The second-order valence-electron chi connectivity index (χ2n) is 1.40. The van der Waals surface area contributed by atoms with E-state index in [2.05, 4.69) is 31.9 Å². The molecule has 0 unspecified atom stereocenters. The maximum atomic E-state index is 7.57. The summed E-state index contributed by atoms with van der Waals surface area (Å²) in [7, 11) is 0. The van der Waals surface area contributed by atoms with Crippen LogP contribution in [-0.4, -0.2) is 22.4 Å². The summed E-state index contributed by atoms with van der Waals surface area (Å²) < 4.78 is 0. The van der Waals surface area contributed by atoms with Crippen LogP contribution in [0.1, 0.15) is 19.8 Å². The summed E-state index contributed by atoms with van der Waals surface area (Å²) in [5.74, 6) is 0. The van der Waals surface area contributed by atoms with Crippen molar-refractivity contribution in [2.75, 3.05) is 17.3 Å². The van der Waals surface area contributed by atoms with Crippen LogP contribution >= 0.6 is 31.9 Å². The van der Waals surface area contributed by atoms with Gasteiger partial charge in [-0.3, -0.25) is 0 Å². The topological polar surface area (TPSA) is 20.2 Å². The number of unbranched alkanes of at least 4 members (excludes halogenated alkanes) is 1. The van der Waals surface area contributed by atoms with Crippen LogP contribution < -0.4 is 0 Å². The highest BCUT2D eigenvalue weighted by Gasteiger charge is 1.77. The molecule has 0 aromatic heterocycles. The minimum Gasteiger partial charge on any atom is -0.397 e. The monoisotopic (exact) mass is 260 g/mol. The van der Waals surface area contributed by atoms with Crippen LogP contribution in [0.4, 0.5) is 0 Å². The summed E-state index contributed by atoms with van der Waals surface area (Å²) in [6.45, 7) is 1.93. The summed E-state index contributed by atoms with van der Waals surface area (Å²) in [5, 5.41) is 9.84. The SMILES string of the molecule is BrCCCCBr.CCO. The van der Waals surface area contributed by atoms with Gasteiger partial charge in [0.25, 0.3) is 0 Å². The van der Waals surface area contributed by atoms with Gasteiger partial charge in [0.1, 0.15) is 0 Å². The van der Waals surface area contributed by atoms with E-state index in [1.165, 1.54) is 12.8 Å². The zero-order valence-corrected chi connectivity index (χ0v) is 8.91. The van der Waals surface area contributed by atoms with Crippen LogP contribution in [0.25, 0.3) is 0 Å². The first-order valence-electron chi connectivity index (χ1n) is 3.06. The lowest BCUT2D eigenvalue weighted by atomic mass is 10.4. The van der Waals surface area contributed by atoms with Gasteiger partial charge in [-0.2, -0.15) is 0 Å². The smallest absolute Gasteiger partial charge is 0.0402 e. The highest BCUT2D eigenvalue weighted by atomic mass is 79.9. The lowest BCUT2D eigenvalue weighted by Gasteiger charge is -1.83. The summed E-state index contributed by atoms with van der Waals surface area (Å²) in [4.78, 5) is 0. The predicted molar refractivity (Wildman–Crippen MR) is 49.6 cm³/mol. The standard InChI is InChI=1S/C4H8Br2.C2H6O/c5-3-1-2-4-6;1-2-3/h1-4H2;3H,2H2,1H3. The van der Waals surface area contributed by atoms with Crippen molar-refractivity contribution in [2.45, 2.75) is 19.8 Å². The van der Waals surface area contributed by atoms with Crippen LogP contribution in [0, 0.1) is 0 Å². The number of hydrogen-bond donors (Lipinski definition) is 1. The first-order chi connectivity index (χ1) is 4.33. The Balaban J connectivity index is 0. The highest BCUT2D eigenvalue weighted by Crippen LogP contribution is 1.95. The van der Waals surface area contributed by atoms with Crippen LogP contribution in [-0.2, 0) is 0 Å². The van der Waals surface area contributed by atoms with Crippen molar-refractivity contribution in [2.24, 2.45) is 0 Å². The molecule has 3 heteroatoms. The lowest BCUT2D eigenvalue weighted by Crippen LogP contribution is -1.73. The molecule has 0 fully saturated rings. The zero-order chi connectivity index (χ0) is 7.54. The fourth-order valence-corrected chi connectivity index (χ4v) is 0.982. The largest absolute Gasteiger partial charge is 0.397 e. The van der Waals surface area contributed by atoms with Crippen LogP contribution in [0.2, 0.25) is 0 Å². The molecule has 0 saturated carbocycles. The second-order valence-corrected chi connectivity index (χ2v) is 2.99. The van der Waals surface area contributed by atoms with Gasteiger partial charge in [0.15, 0.2) is 0 Å². The third-order valence-corrected chi connectivity index (χ3v) is 1.64. The average molecular weight is 262 g/mol. The van der Waals surface area contributed by atoms with Crippen molar-refractivity contribution in [1.82, 2.24) is 0 Å². The van der Waals surface area contributed by atoms with E-state index in [1.807, 2.05) is 0 Å². The molecule has 0 aliphatic rings. The van der Waals surface area contributed by atoms with Gasteiger partial charge >= 0.3 is 0 Å². The molecule has 0 amide bonds. The first-order valence-corrected chi connectivity index (χ1v) is 5.30. The van der Waals surface area contributed by atoms with E-state index in [1.54, 1.807) is 6.92 Å². The van der Waals surface area contributed by atoms with Gasteiger partial charge in [-0.1, -0.05) is 31.9 Å². The van der Waals surface area contributed by atoms with E-state index >= 15 is 0 Å². The molecule has 1 nitrogen and oxygen atoms in total. The Morgan fingerprint density at radius 3 is 1.44 bits per heavy atom. The molecule has 0 heterocycles. The van der Waals surface area contributed by atoms with Gasteiger partial charge in [-0.15, -0.1) is 0 Å². The first kappa shape index (κ1) is 12.6.